The van der Waals surface area contributed by atoms with Crippen LogP contribution in [0.15, 0.2) is 0 Å². The van der Waals surface area contributed by atoms with Crippen LogP contribution in [0.5, 0.6) is 0 Å². The summed E-state index contributed by atoms with van der Waals surface area (Å²) in [5, 5.41) is 8.26. The van der Waals surface area contributed by atoms with Crippen LogP contribution in [0.3, 0.4) is 0 Å². The zero-order chi connectivity index (χ0) is 8.85. The molecule has 1 N–H and O–H groups in total. The summed E-state index contributed by atoms with van der Waals surface area (Å²) in [4.78, 5) is 20.5. The Bertz CT molecular complexity index is 157. The summed E-state index contributed by atoms with van der Waals surface area (Å²) in [6, 6.07) is 0. The highest BCUT2D eigenvalue weighted by Crippen LogP contribution is 1.95. The van der Waals surface area contributed by atoms with Gasteiger partial charge in [-0.3, -0.25) is 0 Å². The van der Waals surface area contributed by atoms with Gasteiger partial charge in [-0.25, -0.2) is 9.59 Å². The molecule has 5 nitrogen and oxygen atoms in total. The molecule has 0 aromatic rings. The minimum Gasteiger partial charge on any atom is -0.479 e. The zero-order valence-corrected chi connectivity index (χ0v) is 7.90. The highest BCUT2D eigenvalue weighted by molar-refractivity contribution is 14.1. The lowest BCUT2D eigenvalue weighted by Crippen LogP contribution is -2.23. The summed E-state index contributed by atoms with van der Waals surface area (Å²) < 4.78 is 8.75. The van der Waals surface area contributed by atoms with E-state index in [-0.39, 0.29) is 4.61 Å². The third kappa shape index (κ3) is 4.82. The number of carbonyl (C=O) groups is 2. The largest absolute Gasteiger partial charge is 0.509 e. The molecule has 0 aromatic carbocycles. The van der Waals surface area contributed by atoms with Crippen LogP contribution in [-0.4, -0.2) is 27.9 Å². The van der Waals surface area contributed by atoms with Crippen LogP contribution >= 0.6 is 22.6 Å². The maximum absolute atomic E-state index is 10.4. The Morgan fingerprint density at radius 3 is 2.55 bits per heavy atom. The molecule has 64 valence electrons. The van der Waals surface area contributed by atoms with Gasteiger partial charge in [-0.15, -0.1) is 0 Å². The van der Waals surface area contributed by atoms with E-state index in [2.05, 4.69) is 9.47 Å². The normalized spacial score (nSPS) is 11.8. The van der Waals surface area contributed by atoms with Gasteiger partial charge >= 0.3 is 12.1 Å². The van der Waals surface area contributed by atoms with E-state index in [1.165, 1.54) is 6.92 Å². The van der Waals surface area contributed by atoms with E-state index in [9.17, 15) is 9.59 Å². The van der Waals surface area contributed by atoms with Gasteiger partial charge in [0, 0.05) is 0 Å². The molecule has 0 unspecified atom stereocenters. The SMILES string of the molecule is C[C@H](OC(=O)OCI)C(=O)O. The number of hydrogen-bond donors (Lipinski definition) is 1. The second-order valence-corrected chi connectivity index (χ2v) is 2.22. The minimum atomic E-state index is -1.20. The molecule has 0 aliphatic heterocycles. The van der Waals surface area contributed by atoms with Crippen molar-refractivity contribution in [1.82, 2.24) is 0 Å². The molecule has 0 aliphatic carbocycles. The van der Waals surface area contributed by atoms with Gasteiger partial charge in [0.25, 0.3) is 0 Å². The van der Waals surface area contributed by atoms with Gasteiger partial charge in [0.1, 0.15) is 4.61 Å². The first-order valence-corrected chi connectivity index (χ1v) is 4.22. The van der Waals surface area contributed by atoms with Crippen molar-refractivity contribution in [3.8, 4) is 0 Å². The Labute approximate surface area is 76.8 Å². The Balaban J connectivity index is 3.66. The highest BCUT2D eigenvalue weighted by Gasteiger charge is 2.16. The molecular weight excluding hydrogens is 267 g/mol. The van der Waals surface area contributed by atoms with Gasteiger partial charge in [-0.2, -0.15) is 0 Å². The van der Waals surface area contributed by atoms with Gasteiger partial charge in [0.05, 0.1) is 0 Å². The summed E-state index contributed by atoms with van der Waals surface area (Å²) in [5.74, 6) is -1.20. The summed E-state index contributed by atoms with van der Waals surface area (Å²) in [6.45, 7) is 1.25. The van der Waals surface area contributed by atoms with E-state index in [4.69, 9.17) is 5.11 Å². The molecule has 6 heteroatoms. The lowest BCUT2D eigenvalue weighted by atomic mass is 10.4. The third-order valence-electron chi connectivity index (χ3n) is 0.793. The number of ether oxygens (including phenoxy) is 2. The number of carboxylic acids is 1. The van der Waals surface area contributed by atoms with Crippen LogP contribution in [-0.2, 0) is 14.3 Å². The fourth-order valence-electron chi connectivity index (χ4n) is 0.273. The second-order valence-electron chi connectivity index (χ2n) is 1.60. The Hall–Kier alpha value is -0.530. The summed E-state index contributed by atoms with van der Waals surface area (Å²) in [5.41, 5.74) is 0. The first-order chi connectivity index (χ1) is 5.07. The fraction of sp³-hybridized carbons (Fsp3) is 0.600. The van der Waals surface area contributed by atoms with Gasteiger partial charge in [-0.05, 0) is 29.5 Å². The van der Waals surface area contributed by atoms with Crippen LogP contribution in [0.25, 0.3) is 0 Å². The van der Waals surface area contributed by atoms with Crippen molar-refractivity contribution < 1.29 is 24.2 Å². The van der Waals surface area contributed by atoms with Crippen molar-refractivity contribution in [2.24, 2.45) is 0 Å². The molecule has 0 spiro atoms. The number of rotatable bonds is 3. The van der Waals surface area contributed by atoms with Crippen molar-refractivity contribution >= 4 is 34.7 Å². The van der Waals surface area contributed by atoms with Crippen molar-refractivity contribution in [3.63, 3.8) is 0 Å². The van der Waals surface area contributed by atoms with Gasteiger partial charge in [-0.1, -0.05) is 0 Å². The summed E-state index contributed by atoms with van der Waals surface area (Å²) in [6.07, 6.45) is -2.13. The van der Waals surface area contributed by atoms with E-state index < -0.39 is 18.2 Å². The number of carboxylic acid groups (broad SMARTS) is 1. The van der Waals surface area contributed by atoms with Crippen molar-refractivity contribution in [3.05, 3.63) is 0 Å². The first-order valence-electron chi connectivity index (χ1n) is 2.70. The molecule has 0 fully saturated rings. The molecule has 1 atom stereocenters. The molecule has 0 saturated carbocycles. The van der Waals surface area contributed by atoms with Crippen molar-refractivity contribution in [1.29, 1.82) is 0 Å². The zero-order valence-electron chi connectivity index (χ0n) is 5.74. The van der Waals surface area contributed by atoms with Crippen LogP contribution in [0.2, 0.25) is 0 Å². The first kappa shape index (κ1) is 10.5. The molecule has 0 aromatic heterocycles. The number of hydrogen-bond acceptors (Lipinski definition) is 4. The van der Waals surface area contributed by atoms with Gasteiger partial charge < -0.3 is 14.6 Å². The standard InChI is InChI=1S/C5H7IO5/c1-3(4(7)8)11-5(9)10-2-6/h3H,2H2,1H3,(H,7,8)/t3-/m0/s1. The van der Waals surface area contributed by atoms with Crippen molar-refractivity contribution in [2.75, 3.05) is 4.61 Å². The molecule has 0 heterocycles. The number of alkyl halides is 1. The summed E-state index contributed by atoms with van der Waals surface area (Å²) in [7, 11) is 0. The lowest BCUT2D eigenvalue weighted by molar-refractivity contribution is -0.146. The van der Waals surface area contributed by atoms with E-state index in [1.54, 1.807) is 22.6 Å². The average Bonchev–Trinajstić information content (AvgIpc) is 1.87. The van der Waals surface area contributed by atoms with Gasteiger partial charge in [0.15, 0.2) is 6.10 Å². The smallest absolute Gasteiger partial charge is 0.479 e. The number of carbonyl (C=O) groups excluding carboxylic acids is 1. The number of aliphatic carboxylic acids is 1. The Morgan fingerprint density at radius 1 is 1.64 bits per heavy atom. The Morgan fingerprint density at radius 2 is 2.18 bits per heavy atom. The molecule has 0 amide bonds. The van der Waals surface area contributed by atoms with Crippen LogP contribution in [0.1, 0.15) is 6.92 Å². The minimum absolute atomic E-state index is 0.142. The molecular formula is C5H7IO5. The molecule has 0 radical (unpaired) electrons. The number of halogens is 1. The molecule has 0 rings (SSSR count). The van der Waals surface area contributed by atoms with Crippen LogP contribution in [0, 0.1) is 0 Å². The van der Waals surface area contributed by atoms with Crippen LogP contribution < -0.4 is 0 Å². The maximum atomic E-state index is 10.4. The van der Waals surface area contributed by atoms with E-state index in [0.29, 0.717) is 0 Å². The summed E-state index contributed by atoms with van der Waals surface area (Å²) >= 11 is 1.80. The average molecular weight is 274 g/mol. The quantitative estimate of drug-likeness (QED) is 0.472. The van der Waals surface area contributed by atoms with E-state index >= 15 is 0 Å². The molecule has 0 aliphatic rings. The topological polar surface area (TPSA) is 72.8 Å². The maximum Gasteiger partial charge on any atom is 0.509 e. The molecule has 0 saturated heterocycles. The van der Waals surface area contributed by atoms with Crippen LogP contribution in [0.4, 0.5) is 4.79 Å². The van der Waals surface area contributed by atoms with E-state index in [1.807, 2.05) is 0 Å². The lowest BCUT2D eigenvalue weighted by Gasteiger charge is -2.06. The third-order valence-corrected chi connectivity index (χ3v) is 1.10. The monoisotopic (exact) mass is 274 g/mol. The highest BCUT2D eigenvalue weighted by atomic mass is 127. The molecule has 11 heavy (non-hydrogen) atoms. The van der Waals surface area contributed by atoms with Crippen molar-refractivity contribution in [2.45, 2.75) is 13.0 Å². The predicted octanol–water partition coefficient (Wildman–Crippen LogP) is 1.01. The van der Waals surface area contributed by atoms with E-state index in [0.717, 1.165) is 0 Å². The second kappa shape index (κ2) is 5.16. The fourth-order valence-corrected chi connectivity index (χ4v) is 0.528. The predicted molar refractivity (Wildman–Crippen MR) is 43.6 cm³/mol. The molecule has 0 bridgehead atoms. The Kier molecular flexibility index (Phi) is 4.92. The van der Waals surface area contributed by atoms with Gasteiger partial charge in [0.2, 0.25) is 0 Å².